The van der Waals surface area contributed by atoms with Crippen LogP contribution in [0.3, 0.4) is 0 Å². The highest BCUT2D eigenvalue weighted by Crippen LogP contribution is 2.27. The van der Waals surface area contributed by atoms with E-state index in [0.717, 1.165) is 5.56 Å². The number of esters is 1. The lowest BCUT2D eigenvalue weighted by atomic mass is 9.86. The quantitative estimate of drug-likeness (QED) is 0.796. The zero-order valence-electron chi connectivity index (χ0n) is 9.99. The van der Waals surface area contributed by atoms with Crippen molar-refractivity contribution in [1.82, 2.24) is 0 Å². The summed E-state index contributed by atoms with van der Waals surface area (Å²) in [5, 5.41) is 9.64. The molecule has 0 radical (unpaired) electrons. The van der Waals surface area contributed by atoms with Gasteiger partial charge in [-0.25, -0.2) is 0 Å². The van der Waals surface area contributed by atoms with Gasteiger partial charge in [-0.2, -0.15) is 0 Å². The van der Waals surface area contributed by atoms with Crippen molar-refractivity contribution in [3.05, 3.63) is 29.8 Å². The van der Waals surface area contributed by atoms with Crippen LogP contribution in [-0.4, -0.2) is 17.7 Å². The molecule has 3 heteroatoms. The number of carbonyl (C=O) groups is 1. The van der Waals surface area contributed by atoms with Crippen LogP contribution in [0.15, 0.2) is 24.3 Å². The van der Waals surface area contributed by atoms with Crippen molar-refractivity contribution in [1.29, 1.82) is 0 Å². The summed E-state index contributed by atoms with van der Waals surface area (Å²) >= 11 is 0. The summed E-state index contributed by atoms with van der Waals surface area (Å²) < 4.78 is 5.00. The second-order valence-electron chi connectivity index (χ2n) is 4.75. The van der Waals surface area contributed by atoms with Crippen molar-refractivity contribution in [2.75, 3.05) is 6.61 Å². The minimum atomic E-state index is -0.273. The van der Waals surface area contributed by atoms with E-state index >= 15 is 0 Å². The van der Waals surface area contributed by atoms with Gasteiger partial charge in [-0.1, -0.05) is 32.0 Å². The number of hydrogen-bond donors (Lipinski definition) is 1. The Labute approximate surface area is 96.1 Å². The number of hydrogen-bond acceptors (Lipinski definition) is 3. The number of rotatable bonds is 4. The Morgan fingerprint density at radius 1 is 1.38 bits per heavy atom. The smallest absolute Gasteiger partial charge is 0.302 e. The largest absolute Gasteiger partial charge is 0.508 e. The standard InChI is InChI=1S/C13H18O3/c1-10(14)16-9-13(2,3)8-11-6-4-5-7-12(11)15/h4-7,15H,8-9H2,1-3H3. The molecule has 0 saturated heterocycles. The average Bonchev–Trinajstić information content (AvgIpc) is 2.19. The highest BCUT2D eigenvalue weighted by molar-refractivity contribution is 5.65. The van der Waals surface area contributed by atoms with Crippen LogP contribution in [0, 0.1) is 5.41 Å². The molecule has 0 aliphatic heterocycles. The Morgan fingerprint density at radius 3 is 2.56 bits per heavy atom. The summed E-state index contributed by atoms with van der Waals surface area (Å²) in [5.41, 5.74) is 0.699. The van der Waals surface area contributed by atoms with E-state index in [9.17, 15) is 9.90 Å². The van der Waals surface area contributed by atoms with Crippen LogP contribution >= 0.6 is 0 Å². The lowest BCUT2D eigenvalue weighted by Crippen LogP contribution is -2.23. The van der Waals surface area contributed by atoms with Gasteiger partial charge in [0, 0.05) is 12.3 Å². The van der Waals surface area contributed by atoms with E-state index in [1.807, 2.05) is 26.0 Å². The number of benzene rings is 1. The second-order valence-corrected chi connectivity index (χ2v) is 4.75. The van der Waals surface area contributed by atoms with Gasteiger partial charge in [0.1, 0.15) is 5.75 Å². The Balaban J connectivity index is 2.65. The second kappa shape index (κ2) is 5.01. The molecule has 3 nitrogen and oxygen atoms in total. The third-order valence-electron chi connectivity index (χ3n) is 2.33. The van der Waals surface area contributed by atoms with Gasteiger partial charge in [0.05, 0.1) is 6.61 Å². The molecule has 1 aromatic carbocycles. The summed E-state index contributed by atoms with van der Waals surface area (Å²) in [6, 6.07) is 7.22. The van der Waals surface area contributed by atoms with Crippen molar-refractivity contribution in [2.24, 2.45) is 5.41 Å². The van der Waals surface area contributed by atoms with Gasteiger partial charge in [-0.05, 0) is 18.1 Å². The highest BCUT2D eigenvalue weighted by Gasteiger charge is 2.21. The number of carbonyl (C=O) groups excluding carboxylic acids is 1. The highest BCUT2D eigenvalue weighted by atomic mass is 16.5. The lowest BCUT2D eigenvalue weighted by Gasteiger charge is -2.24. The third-order valence-corrected chi connectivity index (χ3v) is 2.33. The predicted molar refractivity (Wildman–Crippen MR) is 62.2 cm³/mol. The molecule has 88 valence electrons. The number of phenols is 1. The molecule has 1 aromatic rings. The van der Waals surface area contributed by atoms with E-state index in [4.69, 9.17) is 4.74 Å². The molecule has 16 heavy (non-hydrogen) atoms. The van der Waals surface area contributed by atoms with Gasteiger partial charge < -0.3 is 9.84 Å². The van der Waals surface area contributed by atoms with E-state index in [-0.39, 0.29) is 11.4 Å². The molecule has 0 unspecified atom stereocenters. The first-order valence-corrected chi connectivity index (χ1v) is 5.31. The molecule has 0 amide bonds. The van der Waals surface area contributed by atoms with Crippen LogP contribution in [0.5, 0.6) is 5.75 Å². The molecular weight excluding hydrogens is 204 g/mol. The van der Waals surface area contributed by atoms with Crippen LogP contribution in [0.25, 0.3) is 0 Å². The van der Waals surface area contributed by atoms with E-state index in [1.54, 1.807) is 12.1 Å². The van der Waals surface area contributed by atoms with E-state index < -0.39 is 0 Å². The summed E-state index contributed by atoms with van der Waals surface area (Å²) in [7, 11) is 0. The Morgan fingerprint density at radius 2 is 2.00 bits per heavy atom. The number of phenolic OH excluding ortho intramolecular Hbond substituents is 1. The molecule has 0 bridgehead atoms. The number of aromatic hydroxyl groups is 1. The summed E-state index contributed by atoms with van der Waals surface area (Å²) in [4.78, 5) is 10.7. The van der Waals surface area contributed by atoms with E-state index in [2.05, 4.69) is 0 Å². The number of ether oxygens (including phenoxy) is 1. The summed E-state index contributed by atoms with van der Waals surface area (Å²) in [6.45, 7) is 5.76. The van der Waals surface area contributed by atoms with Gasteiger partial charge in [-0.3, -0.25) is 4.79 Å². The minimum Gasteiger partial charge on any atom is -0.508 e. The van der Waals surface area contributed by atoms with E-state index in [1.165, 1.54) is 6.92 Å². The minimum absolute atomic E-state index is 0.176. The fourth-order valence-corrected chi connectivity index (χ4v) is 1.52. The summed E-state index contributed by atoms with van der Waals surface area (Å²) in [5.74, 6) is 0.0174. The number of para-hydroxylation sites is 1. The lowest BCUT2D eigenvalue weighted by molar-refractivity contribution is -0.143. The first kappa shape index (κ1) is 12.6. The zero-order valence-corrected chi connectivity index (χ0v) is 9.99. The monoisotopic (exact) mass is 222 g/mol. The fraction of sp³-hybridized carbons (Fsp3) is 0.462. The normalized spacial score (nSPS) is 11.2. The maximum absolute atomic E-state index is 10.7. The average molecular weight is 222 g/mol. The molecule has 0 aromatic heterocycles. The Hall–Kier alpha value is -1.51. The van der Waals surface area contributed by atoms with Crippen molar-refractivity contribution in [3.8, 4) is 5.75 Å². The Bertz CT molecular complexity index is 369. The zero-order chi connectivity index (χ0) is 12.2. The van der Waals surface area contributed by atoms with Gasteiger partial charge in [-0.15, -0.1) is 0 Å². The van der Waals surface area contributed by atoms with Crippen LogP contribution in [0.2, 0.25) is 0 Å². The van der Waals surface area contributed by atoms with E-state index in [0.29, 0.717) is 18.8 Å². The first-order chi connectivity index (χ1) is 7.41. The first-order valence-electron chi connectivity index (χ1n) is 5.31. The van der Waals surface area contributed by atoms with Crippen molar-refractivity contribution < 1.29 is 14.6 Å². The third kappa shape index (κ3) is 3.93. The molecule has 1 rings (SSSR count). The maximum Gasteiger partial charge on any atom is 0.302 e. The predicted octanol–water partition coefficient (Wildman–Crippen LogP) is 2.52. The molecule has 0 aliphatic rings. The Kier molecular flexibility index (Phi) is 3.93. The van der Waals surface area contributed by atoms with Gasteiger partial charge in [0.25, 0.3) is 0 Å². The maximum atomic E-state index is 10.7. The van der Waals surface area contributed by atoms with Gasteiger partial charge in [0.15, 0.2) is 0 Å². The molecular formula is C13H18O3. The SMILES string of the molecule is CC(=O)OCC(C)(C)Cc1ccccc1O. The molecule has 0 atom stereocenters. The van der Waals surface area contributed by atoms with Gasteiger partial charge in [0.2, 0.25) is 0 Å². The molecule has 0 spiro atoms. The molecule has 0 saturated carbocycles. The molecule has 0 aliphatic carbocycles. The van der Waals surface area contributed by atoms with Crippen LogP contribution in [0.1, 0.15) is 26.3 Å². The summed E-state index contributed by atoms with van der Waals surface area (Å²) in [6.07, 6.45) is 0.674. The molecule has 0 fully saturated rings. The topological polar surface area (TPSA) is 46.5 Å². The fourth-order valence-electron chi connectivity index (χ4n) is 1.52. The van der Waals surface area contributed by atoms with Crippen molar-refractivity contribution in [2.45, 2.75) is 27.2 Å². The van der Waals surface area contributed by atoms with Gasteiger partial charge >= 0.3 is 5.97 Å². The molecule has 0 heterocycles. The van der Waals surface area contributed by atoms with Crippen LogP contribution in [0.4, 0.5) is 0 Å². The van der Waals surface area contributed by atoms with Crippen molar-refractivity contribution in [3.63, 3.8) is 0 Å². The van der Waals surface area contributed by atoms with Crippen LogP contribution in [-0.2, 0) is 16.0 Å². The van der Waals surface area contributed by atoms with Crippen molar-refractivity contribution >= 4 is 5.97 Å². The molecule has 1 N–H and O–H groups in total. The van der Waals surface area contributed by atoms with Crippen LogP contribution < -0.4 is 0 Å².